The van der Waals surface area contributed by atoms with E-state index in [-0.39, 0.29) is 0 Å². The summed E-state index contributed by atoms with van der Waals surface area (Å²) in [4.78, 5) is 4.99. The fourth-order valence-corrected chi connectivity index (χ4v) is 2.92. The lowest BCUT2D eigenvalue weighted by molar-refractivity contribution is 0.249. The third-order valence-corrected chi connectivity index (χ3v) is 4.13. The highest BCUT2D eigenvalue weighted by Crippen LogP contribution is 2.18. The van der Waals surface area contributed by atoms with Crippen LogP contribution in [0.2, 0.25) is 0 Å². The highest BCUT2D eigenvalue weighted by molar-refractivity contribution is 5.46. The van der Waals surface area contributed by atoms with E-state index < -0.39 is 0 Å². The van der Waals surface area contributed by atoms with E-state index in [1.54, 1.807) is 0 Å². The van der Waals surface area contributed by atoms with E-state index in [9.17, 15) is 0 Å². The summed E-state index contributed by atoms with van der Waals surface area (Å²) in [6.07, 6.45) is 0. The smallest absolute Gasteiger partial charge is 0.119 e. The van der Waals surface area contributed by atoms with Crippen molar-refractivity contribution in [1.82, 2.24) is 4.90 Å². The number of nitrogens with zero attached hydrogens (tertiary/aromatic N) is 2. The molecule has 0 aliphatic carbocycles. The fraction of sp³-hybridized carbons (Fsp3) is 0.368. The van der Waals surface area contributed by atoms with Crippen LogP contribution in [0.1, 0.15) is 12.5 Å². The Morgan fingerprint density at radius 2 is 1.55 bits per heavy atom. The van der Waals surface area contributed by atoms with Crippen molar-refractivity contribution in [3.63, 3.8) is 0 Å². The molecule has 22 heavy (non-hydrogen) atoms. The highest BCUT2D eigenvalue weighted by atomic mass is 16.5. The first-order valence-corrected chi connectivity index (χ1v) is 8.09. The maximum absolute atomic E-state index is 5.49. The molecule has 0 N–H and O–H groups in total. The van der Waals surface area contributed by atoms with Gasteiger partial charge in [0.2, 0.25) is 0 Å². The molecule has 3 nitrogen and oxygen atoms in total. The van der Waals surface area contributed by atoms with Gasteiger partial charge in [-0.25, -0.2) is 0 Å². The van der Waals surface area contributed by atoms with E-state index in [1.807, 2.05) is 6.92 Å². The number of ether oxygens (including phenoxy) is 1. The van der Waals surface area contributed by atoms with Gasteiger partial charge < -0.3 is 9.64 Å². The van der Waals surface area contributed by atoms with Crippen LogP contribution in [0.25, 0.3) is 0 Å². The Labute approximate surface area is 133 Å². The molecular formula is C19H24N2O. The van der Waals surface area contributed by atoms with Crippen LogP contribution in [-0.4, -0.2) is 37.7 Å². The van der Waals surface area contributed by atoms with Crippen LogP contribution >= 0.6 is 0 Å². The van der Waals surface area contributed by atoms with E-state index in [2.05, 4.69) is 64.4 Å². The van der Waals surface area contributed by atoms with Gasteiger partial charge in [0.1, 0.15) is 5.75 Å². The van der Waals surface area contributed by atoms with Gasteiger partial charge in [0.15, 0.2) is 0 Å². The van der Waals surface area contributed by atoms with E-state index in [1.165, 1.54) is 11.3 Å². The number of piperazine rings is 1. The van der Waals surface area contributed by atoms with Crippen LogP contribution in [0.4, 0.5) is 5.69 Å². The Hall–Kier alpha value is -2.00. The van der Waals surface area contributed by atoms with Crippen LogP contribution in [-0.2, 0) is 6.54 Å². The van der Waals surface area contributed by atoms with Crippen molar-refractivity contribution in [3.05, 3.63) is 60.2 Å². The summed E-state index contributed by atoms with van der Waals surface area (Å²) in [5, 5.41) is 0. The van der Waals surface area contributed by atoms with Crippen LogP contribution < -0.4 is 9.64 Å². The number of hydrogen-bond acceptors (Lipinski definition) is 3. The van der Waals surface area contributed by atoms with E-state index in [4.69, 9.17) is 4.74 Å². The molecule has 0 aromatic heterocycles. The van der Waals surface area contributed by atoms with Gasteiger partial charge in [-0.2, -0.15) is 0 Å². The Kier molecular flexibility index (Phi) is 4.96. The zero-order valence-corrected chi connectivity index (χ0v) is 13.2. The van der Waals surface area contributed by atoms with E-state index in [0.29, 0.717) is 0 Å². The number of hydrogen-bond donors (Lipinski definition) is 0. The molecule has 0 radical (unpaired) electrons. The molecule has 0 unspecified atom stereocenters. The van der Waals surface area contributed by atoms with Crippen molar-refractivity contribution < 1.29 is 4.74 Å². The molecule has 3 heteroatoms. The maximum atomic E-state index is 5.49. The molecule has 2 aromatic carbocycles. The predicted molar refractivity (Wildman–Crippen MR) is 91.5 cm³/mol. The first kappa shape index (κ1) is 14.9. The van der Waals surface area contributed by atoms with Gasteiger partial charge in [0, 0.05) is 38.4 Å². The fourth-order valence-electron chi connectivity index (χ4n) is 2.92. The Morgan fingerprint density at radius 1 is 0.864 bits per heavy atom. The summed E-state index contributed by atoms with van der Waals surface area (Å²) in [5.41, 5.74) is 2.69. The highest BCUT2D eigenvalue weighted by Gasteiger charge is 2.16. The lowest BCUT2D eigenvalue weighted by Gasteiger charge is -2.36. The van der Waals surface area contributed by atoms with Gasteiger partial charge in [-0.1, -0.05) is 30.3 Å². The molecule has 1 heterocycles. The predicted octanol–water partition coefficient (Wildman–Crippen LogP) is 3.41. The van der Waals surface area contributed by atoms with Gasteiger partial charge in [0.25, 0.3) is 0 Å². The first-order chi connectivity index (χ1) is 10.8. The van der Waals surface area contributed by atoms with Crippen LogP contribution in [0.3, 0.4) is 0 Å². The summed E-state index contributed by atoms with van der Waals surface area (Å²) in [5.74, 6) is 0.958. The molecule has 3 rings (SSSR count). The molecule has 116 valence electrons. The van der Waals surface area contributed by atoms with Crippen LogP contribution in [0, 0.1) is 0 Å². The lowest BCUT2D eigenvalue weighted by Crippen LogP contribution is -2.45. The van der Waals surface area contributed by atoms with Gasteiger partial charge >= 0.3 is 0 Å². The lowest BCUT2D eigenvalue weighted by atomic mass is 10.2. The zero-order chi connectivity index (χ0) is 15.2. The SMILES string of the molecule is CCOc1ccc(CN2CCN(c3ccccc3)CC2)cc1. The second kappa shape index (κ2) is 7.32. The van der Waals surface area contributed by atoms with Crippen molar-refractivity contribution in [2.75, 3.05) is 37.7 Å². The third kappa shape index (κ3) is 3.80. The number of anilines is 1. The molecule has 1 aliphatic heterocycles. The summed E-state index contributed by atoms with van der Waals surface area (Å²) >= 11 is 0. The molecule has 0 atom stereocenters. The van der Waals surface area contributed by atoms with Crippen molar-refractivity contribution in [3.8, 4) is 5.75 Å². The minimum absolute atomic E-state index is 0.723. The van der Waals surface area contributed by atoms with Crippen LogP contribution in [0.5, 0.6) is 5.75 Å². The molecule has 0 saturated carbocycles. The van der Waals surface area contributed by atoms with E-state index >= 15 is 0 Å². The molecule has 1 saturated heterocycles. The third-order valence-electron chi connectivity index (χ3n) is 4.13. The quantitative estimate of drug-likeness (QED) is 0.841. The summed E-state index contributed by atoms with van der Waals surface area (Å²) in [6, 6.07) is 19.2. The first-order valence-electron chi connectivity index (χ1n) is 8.09. The average molecular weight is 296 g/mol. The Bertz CT molecular complexity index is 560. The summed E-state index contributed by atoms with van der Waals surface area (Å²) < 4.78 is 5.49. The van der Waals surface area contributed by atoms with Gasteiger partial charge in [-0.05, 0) is 36.8 Å². The van der Waals surface area contributed by atoms with Crippen molar-refractivity contribution >= 4 is 5.69 Å². The molecule has 2 aromatic rings. The molecule has 1 fully saturated rings. The molecule has 0 amide bonds. The van der Waals surface area contributed by atoms with Gasteiger partial charge in [0.05, 0.1) is 6.61 Å². The van der Waals surface area contributed by atoms with Crippen LogP contribution in [0.15, 0.2) is 54.6 Å². The molecular weight excluding hydrogens is 272 g/mol. The standard InChI is InChI=1S/C19H24N2O/c1-2-22-19-10-8-17(9-11-19)16-20-12-14-21(15-13-20)18-6-4-3-5-7-18/h3-11H,2,12-16H2,1H3. The van der Waals surface area contributed by atoms with Crippen molar-refractivity contribution in [2.45, 2.75) is 13.5 Å². The van der Waals surface area contributed by atoms with Gasteiger partial charge in [-0.3, -0.25) is 4.90 Å². The normalized spacial score (nSPS) is 15.8. The number of para-hydroxylation sites is 1. The second-order valence-electron chi connectivity index (χ2n) is 5.68. The monoisotopic (exact) mass is 296 g/mol. The maximum Gasteiger partial charge on any atom is 0.119 e. The zero-order valence-electron chi connectivity index (χ0n) is 13.2. The second-order valence-corrected chi connectivity index (χ2v) is 5.68. The van der Waals surface area contributed by atoms with Gasteiger partial charge in [-0.15, -0.1) is 0 Å². The molecule has 0 bridgehead atoms. The molecule has 0 spiro atoms. The number of benzene rings is 2. The van der Waals surface area contributed by atoms with E-state index in [0.717, 1.165) is 45.1 Å². The summed E-state index contributed by atoms with van der Waals surface area (Å²) in [6.45, 7) is 8.18. The minimum Gasteiger partial charge on any atom is -0.494 e. The topological polar surface area (TPSA) is 15.7 Å². The minimum atomic E-state index is 0.723. The Morgan fingerprint density at radius 3 is 2.18 bits per heavy atom. The Balaban J connectivity index is 1.51. The number of rotatable bonds is 5. The van der Waals surface area contributed by atoms with Crippen molar-refractivity contribution in [1.29, 1.82) is 0 Å². The largest absolute Gasteiger partial charge is 0.494 e. The molecule has 1 aliphatic rings. The summed E-state index contributed by atoms with van der Waals surface area (Å²) in [7, 11) is 0. The average Bonchev–Trinajstić information content (AvgIpc) is 2.58. The van der Waals surface area contributed by atoms with Crippen molar-refractivity contribution in [2.24, 2.45) is 0 Å².